The third-order valence-corrected chi connectivity index (χ3v) is 1.01. The second-order valence-corrected chi connectivity index (χ2v) is 1.54. The molecule has 0 heterocycles. The molecule has 53 valence electrons. The fourth-order valence-electron chi connectivity index (χ4n) is 0.554. The van der Waals surface area contributed by atoms with E-state index >= 15 is 0 Å². The Morgan fingerprint density at radius 3 is 2.10 bits per heavy atom. The number of nitrogens with one attached hydrogen (secondary N) is 1. The van der Waals surface area contributed by atoms with Crippen molar-refractivity contribution in [3.8, 4) is 0 Å². The van der Waals surface area contributed by atoms with Gasteiger partial charge in [-0.25, -0.2) is 0 Å². The van der Waals surface area contributed by atoms with Gasteiger partial charge in [-0.15, -0.1) is 12.1 Å². The van der Waals surface area contributed by atoms with Crippen molar-refractivity contribution in [1.82, 2.24) is 0 Å². The second-order valence-electron chi connectivity index (χ2n) is 1.54. The predicted octanol–water partition coefficient (Wildman–Crippen LogP) is 1.98. The minimum Gasteiger partial charge on any atom is -0.409 e. The van der Waals surface area contributed by atoms with Crippen LogP contribution in [0.4, 0.5) is 5.69 Å². The summed E-state index contributed by atoms with van der Waals surface area (Å²) in [6.45, 7) is 0. The van der Waals surface area contributed by atoms with Crippen LogP contribution in [0.1, 0.15) is 0 Å². The zero-order valence-corrected chi connectivity index (χ0v) is 9.23. The molecular weight excluding hydrogens is 199 g/mol. The molecule has 1 aromatic rings. The summed E-state index contributed by atoms with van der Waals surface area (Å²) >= 11 is 0. The maximum Gasteiger partial charge on any atom is 0.00123 e. The first-order chi connectivity index (χ1) is 3.93. The van der Waals surface area contributed by atoms with Crippen LogP contribution in [0, 0.1) is 13.5 Å². The zero-order chi connectivity index (χ0) is 5.82. The fraction of sp³-hybridized carbons (Fsp3) is 0.125. The largest absolute Gasteiger partial charge is 0.409 e. The van der Waals surface area contributed by atoms with E-state index in [0.29, 0.717) is 0 Å². The molecule has 2 heteroatoms. The van der Waals surface area contributed by atoms with Crippen molar-refractivity contribution in [3.63, 3.8) is 0 Å². The van der Waals surface area contributed by atoms with Crippen molar-refractivity contribution in [2.75, 3.05) is 12.4 Å². The first-order valence-corrected chi connectivity index (χ1v) is 2.57. The van der Waals surface area contributed by atoms with E-state index in [0.717, 1.165) is 5.69 Å². The van der Waals surface area contributed by atoms with Crippen molar-refractivity contribution >= 4 is 5.69 Å². The molecule has 0 aliphatic heterocycles. The van der Waals surface area contributed by atoms with Crippen LogP contribution < -0.4 is 5.32 Å². The van der Waals surface area contributed by atoms with Gasteiger partial charge >= 0.3 is 0 Å². The standard InChI is InChI=1S/C7H8N.CH3.Y/c1-8-7-5-3-2-4-6-7;;/h3-6,8H,1H3;1H3;/q2*-1;. The average molecular weight is 210 g/mol. The maximum absolute atomic E-state index is 3.01. The summed E-state index contributed by atoms with van der Waals surface area (Å²) < 4.78 is 0. The first-order valence-electron chi connectivity index (χ1n) is 2.57. The Hall–Kier alpha value is 0.124. The van der Waals surface area contributed by atoms with Gasteiger partial charge in [0.05, 0.1) is 0 Å². The van der Waals surface area contributed by atoms with Gasteiger partial charge in [0.2, 0.25) is 0 Å². The summed E-state index contributed by atoms with van der Waals surface area (Å²) in [4.78, 5) is 0. The molecule has 0 atom stereocenters. The van der Waals surface area contributed by atoms with Gasteiger partial charge in [0.15, 0.2) is 0 Å². The Balaban J connectivity index is 0. The molecule has 1 nitrogen and oxygen atoms in total. The number of anilines is 1. The molecule has 0 saturated heterocycles. The molecule has 10 heavy (non-hydrogen) atoms. The quantitative estimate of drug-likeness (QED) is 0.699. The van der Waals surface area contributed by atoms with Crippen LogP contribution in [-0.2, 0) is 32.7 Å². The van der Waals surface area contributed by atoms with E-state index < -0.39 is 0 Å². The van der Waals surface area contributed by atoms with Crippen molar-refractivity contribution in [3.05, 3.63) is 37.8 Å². The summed E-state index contributed by atoms with van der Waals surface area (Å²) in [5.41, 5.74) is 1.13. The predicted molar refractivity (Wildman–Crippen MR) is 41.2 cm³/mol. The van der Waals surface area contributed by atoms with Crippen LogP contribution in [-0.4, -0.2) is 7.05 Å². The van der Waals surface area contributed by atoms with Gasteiger partial charge in [0.25, 0.3) is 0 Å². The van der Waals surface area contributed by atoms with Crippen LogP contribution in [0.25, 0.3) is 0 Å². The molecular formula is C8H11NY-2. The molecule has 0 unspecified atom stereocenters. The summed E-state index contributed by atoms with van der Waals surface area (Å²) in [5, 5.41) is 3.01. The molecule has 0 spiro atoms. The Kier molecular flexibility index (Phi) is 9.24. The van der Waals surface area contributed by atoms with Crippen LogP contribution in [0.5, 0.6) is 0 Å². The van der Waals surface area contributed by atoms with Gasteiger partial charge in [-0.05, 0) is 0 Å². The summed E-state index contributed by atoms with van der Waals surface area (Å²) in [6, 6.07) is 10.6. The van der Waals surface area contributed by atoms with Gasteiger partial charge in [0, 0.05) is 39.8 Å². The van der Waals surface area contributed by atoms with E-state index in [1.807, 2.05) is 31.3 Å². The number of hydrogen-bond donors (Lipinski definition) is 1. The van der Waals surface area contributed by atoms with E-state index in [9.17, 15) is 0 Å². The Morgan fingerprint density at radius 2 is 1.80 bits per heavy atom. The minimum absolute atomic E-state index is 0. The van der Waals surface area contributed by atoms with E-state index in [-0.39, 0.29) is 40.1 Å². The molecule has 1 radical (unpaired) electrons. The van der Waals surface area contributed by atoms with E-state index in [4.69, 9.17) is 0 Å². The van der Waals surface area contributed by atoms with Crippen molar-refractivity contribution in [1.29, 1.82) is 0 Å². The molecule has 0 amide bonds. The van der Waals surface area contributed by atoms with E-state index in [1.54, 1.807) is 0 Å². The zero-order valence-electron chi connectivity index (χ0n) is 6.39. The third-order valence-electron chi connectivity index (χ3n) is 1.01. The Bertz CT molecular complexity index is 151. The molecule has 0 aromatic heterocycles. The smallest absolute Gasteiger partial charge is 0.00123 e. The molecule has 0 bridgehead atoms. The number of hydrogen-bond acceptors (Lipinski definition) is 1. The van der Waals surface area contributed by atoms with Crippen LogP contribution in [0.15, 0.2) is 24.3 Å². The molecule has 1 rings (SSSR count). The SMILES string of the molecule is CNc1cc[c-]cc1.[CH3-].[Y]. The summed E-state index contributed by atoms with van der Waals surface area (Å²) in [6.07, 6.45) is 0. The van der Waals surface area contributed by atoms with E-state index in [2.05, 4.69) is 11.4 Å². The fourth-order valence-corrected chi connectivity index (χ4v) is 0.554. The molecule has 1 aromatic carbocycles. The minimum atomic E-state index is 0. The van der Waals surface area contributed by atoms with Crippen LogP contribution in [0.2, 0.25) is 0 Å². The monoisotopic (exact) mass is 210 g/mol. The maximum atomic E-state index is 3.01. The van der Waals surface area contributed by atoms with Crippen molar-refractivity contribution < 1.29 is 32.7 Å². The summed E-state index contributed by atoms with van der Waals surface area (Å²) in [7, 11) is 1.90. The third kappa shape index (κ3) is 4.02. The second kappa shape index (κ2) is 7.23. The Labute approximate surface area is 88.1 Å². The summed E-state index contributed by atoms with van der Waals surface area (Å²) in [5.74, 6) is 0. The van der Waals surface area contributed by atoms with Crippen molar-refractivity contribution in [2.24, 2.45) is 0 Å². The van der Waals surface area contributed by atoms with Gasteiger partial charge in [-0.3, -0.25) is 0 Å². The van der Waals surface area contributed by atoms with Gasteiger partial charge < -0.3 is 12.7 Å². The molecule has 0 aliphatic rings. The van der Waals surface area contributed by atoms with Crippen LogP contribution in [0.3, 0.4) is 0 Å². The normalized spacial score (nSPS) is 6.90. The Morgan fingerprint density at radius 1 is 1.30 bits per heavy atom. The molecule has 0 fully saturated rings. The van der Waals surface area contributed by atoms with Crippen LogP contribution >= 0.6 is 0 Å². The van der Waals surface area contributed by atoms with Gasteiger partial charge in [-0.2, -0.15) is 18.2 Å². The van der Waals surface area contributed by atoms with E-state index in [1.165, 1.54) is 0 Å². The molecule has 0 saturated carbocycles. The van der Waals surface area contributed by atoms with Crippen molar-refractivity contribution in [2.45, 2.75) is 0 Å². The topological polar surface area (TPSA) is 12.0 Å². The molecule has 0 aliphatic carbocycles. The number of benzene rings is 1. The molecule has 1 N–H and O–H groups in total. The number of rotatable bonds is 1. The van der Waals surface area contributed by atoms with Gasteiger partial charge in [-0.1, -0.05) is 5.69 Å². The van der Waals surface area contributed by atoms with Gasteiger partial charge in [0.1, 0.15) is 0 Å². The average Bonchev–Trinajstić information content (AvgIpc) is 1.90. The first kappa shape index (κ1) is 12.8.